The lowest BCUT2D eigenvalue weighted by atomic mass is 9.92. The van der Waals surface area contributed by atoms with E-state index in [-0.39, 0.29) is 54.7 Å². The second-order valence-electron chi connectivity index (χ2n) is 8.82. The van der Waals surface area contributed by atoms with Gasteiger partial charge in [-0.25, -0.2) is 14.5 Å². The third-order valence-corrected chi connectivity index (χ3v) is 6.48. The third-order valence-electron chi connectivity index (χ3n) is 6.48. The Hall–Kier alpha value is -3.03. The summed E-state index contributed by atoms with van der Waals surface area (Å²) in [7, 11) is 1.52. The molecule has 2 heterocycles. The lowest BCUT2D eigenvalue weighted by Crippen LogP contribution is -2.42. The number of esters is 1. The number of aromatic hydroxyl groups is 1. The Kier molecular flexibility index (Phi) is 6.81. The molecule has 1 fully saturated rings. The molecule has 0 unspecified atom stereocenters. The topological polar surface area (TPSA) is 102 Å². The van der Waals surface area contributed by atoms with E-state index in [1.165, 1.54) is 12.0 Å². The standard InChI is InChI=1S/C24H31NO7/c1-12(2)18-11-32-24(29)25(18)19(26)9-14(4)13(3)7-8-16-21(27)20-17(10-31-23(20)28)15(5)22(16)30-6/h7,12,14,18,27H,8-11H2,1-6H3/b13-7+/t14-,18-/m0/s1. The number of hydrogen-bond donors (Lipinski definition) is 1. The van der Waals surface area contributed by atoms with E-state index in [1.807, 2.05) is 40.7 Å². The number of carbonyl (C=O) groups is 3. The van der Waals surface area contributed by atoms with Crippen molar-refractivity contribution in [3.8, 4) is 11.5 Å². The minimum atomic E-state index is -0.585. The molecule has 0 bridgehead atoms. The summed E-state index contributed by atoms with van der Waals surface area (Å²) >= 11 is 0. The van der Waals surface area contributed by atoms with Gasteiger partial charge < -0.3 is 19.3 Å². The van der Waals surface area contributed by atoms with Gasteiger partial charge in [0.05, 0.1) is 13.2 Å². The molecule has 8 nitrogen and oxygen atoms in total. The van der Waals surface area contributed by atoms with Crippen molar-refractivity contribution < 1.29 is 33.7 Å². The van der Waals surface area contributed by atoms with Crippen LogP contribution in [0, 0.1) is 18.8 Å². The fourth-order valence-electron chi connectivity index (χ4n) is 4.23. The number of ether oxygens (including phenoxy) is 3. The number of benzene rings is 1. The Labute approximate surface area is 188 Å². The lowest BCUT2D eigenvalue weighted by Gasteiger charge is -2.24. The van der Waals surface area contributed by atoms with Gasteiger partial charge in [-0.3, -0.25) is 4.79 Å². The van der Waals surface area contributed by atoms with E-state index in [0.29, 0.717) is 23.3 Å². The molecule has 1 aromatic rings. The molecular formula is C24H31NO7. The van der Waals surface area contributed by atoms with Crippen LogP contribution in [0.15, 0.2) is 11.6 Å². The number of allylic oxidation sites excluding steroid dienone is 2. The summed E-state index contributed by atoms with van der Waals surface area (Å²) < 4.78 is 15.7. The molecule has 0 spiro atoms. The zero-order valence-electron chi connectivity index (χ0n) is 19.5. The van der Waals surface area contributed by atoms with Gasteiger partial charge in [-0.15, -0.1) is 0 Å². The monoisotopic (exact) mass is 445 g/mol. The first-order valence-corrected chi connectivity index (χ1v) is 10.8. The molecule has 1 aromatic carbocycles. The average molecular weight is 446 g/mol. The Bertz CT molecular complexity index is 979. The van der Waals surface area contributed by atoms with Crippen LogP contribution in [0.1, 0.15) is 61.2 Å². The van der Waals surface area contributed by atoms with Crippen molar-refractivity contribution in [1.29, 1.82) is 0 Å². The van der Waals surface area contributed by atoms with Crippen molar-refractivity contribution in [2.75, 3.05) is 13.7 Å². The zero-order valence-corrected chi connectivity index (χ0v) is 19.5. The minimum absolute atomic E-state index is 0.113. The van der Waals surface area contributed by atoms with Crippen LogP contribution in [0.2, 0.25) is 0 Å². The maximum absolute atomic E-state index is 12.8. The predicted molar refractivity (Wildman–Crippen MR) is 117 cm³/mol. The normalized spacial score (nSPS) is 19.2. The summed E-state index contributed by atoms with van der Waals surface area (Å²) in [6, 6.07) is -0.248. The van der Waals surface area contributed by atoms with Gasteiger partial charge >= 0.3 is 12.1 Å². The summed E-state index contributed by atoms with van der Waals surface area (Å²) in [5, 5.41) is 10.7. The first-order chi connectivity index (χ1) is 15.1. The molecule has 1 saturated heterocycles. The third kappa shape index (κ3) is 4.18. The van der Waals surface area contributed by atoms with Crippen molar-refractivity contribution in [2.24, 2.45) is 11.8 Å². The van der Waals surface area contributed by atoms with Gasteiger partial charge in [-0.05, 0) is 37.7 Å². The fraction of sp³-hybridized carbons (Fsp3) is 0.542. The molecule has 2 aliphatic rings. The number of hydrogen-bond acceptors (Lipinski definition) is 7. The number of imide groups is 1. The van der Waals surface area contributed by atoms with Gasteiger partial charge in [0.2, 0.25) is 5.91 Å². The Morgan fingerprint density at radius 2 is 1.97 bits per heavy atom. The highest BCUT2D eigenvalue weighted by Gasteiger charge is 2.39. The van der Waals surface area contributed by atoms with E-state index in [0.717, 1.165) is 11.1 Å². The van der Waals surface area contributed by atoms with Crippen molar-refractivity contribution in [3.05, 3.63) is 33.9 Å². The van der Waals surface area contributed by atoms with Crippen LogP contribution in [0.5, 0.6) is 11.5 Å². The van der Waals surface area contributed by atoms with Crippen LogP contribution in [-0.2, 0) is 27.3 Å². The highest BCUT2D eigenvalue weighted by Crippen LogP contribution is 2.42. The Morgan fingerprint density at radius 1 is 1.28 bits per heavy atom. The maximum Gasteiger partial charge on any atom is 0.416 e. The molecular weight excluding hydrogens is 414 g/mol. The molecule has 2 aliphatic heterocycles. The summed E-state index contributed by atoms with van der Waals surface area (Å²) in [5.74, 6) is -0.423. The van der Waals surface area contributed by atoms with E-state index >= 15 is 0 Å². The first kappa shape index (κ1) is 23.6. The van der Waals surface area contributed by atoms with E-state index in [9.17, 15) is 19.5 Å². The van der Waals surface area contributed by atoms with Gasteiger partial charge in [-0.2, -0.15) is 0 Å². The molecule has 0 saturated carbocycles. The number of rotatable bonds is 7. The van der Waals surface area contributed by atoms with Crippen LogP contribution < -0.4 is 4.74 Å². The van der Waals surface area contributed by atoms with E-state index < -0.39 is 12.1 Å². The molecule has 1 N–H and O–H groups in total. The average Bonchev–Trinajstić information content (AvgIpc) is 3.32. The number of fused-ring (bicyclic) bond motifs is 1. The SMILES string of the molecule is COc1c(C)c2c(c(O)c1C/C=C(\C)[C@@H](C)CC(=O)N1C(=O)OC[C@H]1C(C)C)C(=O)OC2. The zero-order chi connectivity index (χ0) is 23.7. The van der Waals surface area contributed by atoms with Crippen molar-refractivity contribution in [1.82, 2.24) is 4.90 Å². The van der Waals surface area contributed by atoms with Crippen LogP contribution in [-0.4, -0.2) is 47.7 Å². The molecule has 3 rings (SSSR count). The number of phenols is 1. The maximum atomic E-state index is 12.8. The highest BCUT2D eigenvalue weighted by molar-refractivity contribution is 5.98. The van der Waals surface area contributed by atoms with E-state index in [1.54, 1.807) is 0 Å². The molecule has 174 valence electrons. The van der Waals surface area contributed by atoms with Crippen LogP contribution in [0.25, 0.3) is 0 Å². The van der Waals surface area contributed by atoms with Gasteiger partial charge in [0.25, 0.3) is 0 Å². The molecule has 0 aromatic heterocycles. The summed E-state index contributed by atoms with van der Waals surface area (Å²) in [4.78, 5) is 38.2. The second-order valence-corrected chi connectivity index (χ2v) is 8.82. The van der Waals surface area contributed by atoms with Gasteiger partial charge in [0, 0.05) is 17.5 Å². The number of cyclic esters (lactones) is 2. The van der Waals surface area contributed by atoms with Crippen molar-refractivity contribution >= 4 is 18.0 Å². The number of phenolic OH excluding ortho intramolecular Hbond substituents is 1. The summed E-state index contributed by atoms with van der Waals surface area (Å²) in [6.07, 6.45) is 1.81. The number of methoxy groups -OCH3 is 1. The summed E-state index contributed by atoms with van der Waals surface area (Å²) in [6.45, 7) is 9.90. The second kappa shape index (κ2) is 9.22. The Morgan fingerprint density at radius 3 is 2.59 bits per heavy atom. The van der Waals surface area contributed by atoms with Gasteiger partial charge in [-0.1, -0.05) is 32.4 Å². The quantitative estimate of drug-likeness (QED) is 0.502. The molecule has 2 atom stereocenters. The lowest BCUT2D eigenvalue weighted by molar-refractivity contribution is -0.130. The van der Waals surface area contributed by atoms with Crippen molar-refractivity contribution in [2.45, 2.75) is 60.1 Å². The number of nitrogens with zero attached hydrogens (tertiary/aromatic N) is 1. The Balaban J connectivity index is 1.78. The first-order valence-electron chi connectivity index (χ1n) is 10.8. The van der Waals surface area contributed by atoms with Crippen LogP contribution >= 0.6 is 0 Å². The largest absolute Gasteiger partial charge is 0.507 e. The van der Waals surface area contributed by atoms with Gasteiger partial charge in [0.1, 0.15) is 30.3 Å². The molecule has 0 radical (unpaired) electrons. The molecule has 2 amide bonds. The fourth-order valence-corrected chi connectivity index (χ4v) is 4.23. The van der Waals surface area contributed by atoms with Crippen molar-refractivity contribution in [3.63, 3.8) is 0 Å². The smallest absolute Gasteiger partial charge is 0.416 e. The minimum Gasteiger partial charge on any atom is -0.507 e. The molecule has 0 aliphatic carbocycles. The predicted octanol–water partition coefficient (Wildman–Crippen LogP) is 3.90. The van der Waals surface area contributed by atoms with Crippen LogP contribution in [0.4, 0.5) is 4.79 Å². The molecule has 8 heteroatoms. The number of carbonyl (C=O) groups excluding carboxylic acids is 3. The highest BCUT2D eigenvalue weighted by atomic mass is 16.6. The van der Waals surface area contributed by atoms with E-state index in [2.05, 4.69) is 0 Å². The number of amides is 2. The van der Waals surface area contributed by atoms with Crippen LogP contribution in [0.3, 0.4) is 0 Å². The van der Waals surface area contributed by atoms with E-state index in [4.69, 9.17) is 14.2 Å². The molecule has 32 heavy (non-hydrogen) atoms. The van der Waals surface area contributed by atoms with Gasteiger partial charge in [0.15, 0.2) is 0 Å². The summed E-state index contributed by atoms with van der Waals surface area (Å²) in [5.41, 5.74) is 3.03.